The van der Waals surface area contributed by atoms with Gasteiger partial charge in [0.2, 0.25) is 0 Å². The number of allylic oxidation sites excluding steroid dienone is 3. The van der Waals surface area contributed by atoms with Crippen LogP contribution in [0, 0.1) is 0 Å². The molecule has 1 atom stereocenters. The van der Waals surface area contributed by atoms with E-state index in [0.717, 1.165) is 13.2 Å². The zero-order chi connectivity index (χ0) is 15.1. The molecule has 0 heterocycles. The standard InChI is InChI=1S/C16H33NOSi/c1-9-10-11-14(2)15(3)17-12-13-18-19(7,8)16(4,5)6/h9-11,15,17H,12-13H2,1-8H3/b10-9-,14-11+. The van der Waals surface area contributed by atoms with Gasteiger partial charge >= 0.3 is 0 Å². The Balaban J connectivity index is 4.06. The van der Waals surface area contributed by atoms with Crippen LogP contribution in [0.15, 0.2) is 23.8 Å². The Morgan fingerprint density at radius 1 is 1.32 bits per heavy atom. The van der Waals surface area contributed by atoms with E-state index in [2.05, 4.69) is 71.3 Å². The summed E-state index contributed by atoms with van der Waals surface area (Å²) in [6, 6.07) is 0.402. The predicted octanol–water partition coefficient (Wildman–Crippen LogP) is 4.51. The van der Waals surface area contributed by atoms with E-state index in [9.17, 15) is 0 Å². The molecule has 0 amide bonds. The van der Waals surface area contributed by atoms with Gasteiger partial charge in [0.15, 0.2) is 8.32 Å². The van der Waals surface area contributed by atoms with Gasteiger partial charge in [0.1, 0.15) is 0 Å². The van der Waals surface area contributed by atoms with Crippen molar-refractivity contribution < 1.29 is 4.43 Å². The van der Waals surface area contributed by atoms with Crippen LogP contribution in [0.25, 0.3) is 0 Å². The van der Waals surface area contributed by atoms with E-state index in [4.69, 9.17) is 4.43 Å². The fourth-order valence-corrected chi connectivity index (χ4v) is 2.40. The summed E-state index contributed by atoms with van der Waals surface area (Å²) in [5.41, 5.74) is 1.35. The summed E-state index contributed by atoms with van der Waals surface area (Å²) in [5.74, 6) is 0. The lowest BCUT2D eigenvalue weighted by Gasteiger charge is -2.36. The second kappa shape index (κ2) is 8.03. The Kier molecular flexibility index (Phi) is 7.87. The molecule has 112 valence electrons. The highest BCUT2D eigenvalue weighted by Gasteiger charge is 2.36. The van der Waals surface area contributed by atoms with E-state index >= 15 is 0 Å². The summed E-state index contributed by atoms with van der Waals surface area (Å²) in [5, 5.41) is 3.80. The number of hydrogen-bond donors (Lipinski definition) is 1. The van der Waals surface area contributed by atoms with Gasteiger partial charge in [-0.1, -0.05) is 44.6 Å². The lowest BCUT2D eigenvalue weighted by atomic mass is 10.1. The first-order valence-corrected chi connectivity index (χ1v) is 10.2. The van der Waals surface area contributed by atoms with Crippen LogP contribution in [0.4, 0.5) is 0 Å². The minimum Gasteiger partial charge on any atom is -0.416 e. The molecule has 1 unspecified atom stereocenters. The molecule has 19 heavy (non-hydrogen) atoms. The Morgan fingerprint density at radius 2 is 1.89 bits per heavy atom. The van der Waals surface area contributed by atoms with Crippen molar-refractivity contribution in [2.75, 3.05) is 13.2 Å². The third-order valence-corrected chi connectivity index (χ3v) is 8.59. The molecule has 0 aromatic carbocycles. The van der Waals surface area contributed by atoms with E-state index < -0.39 is 8.32 Å². The summed E-state index contributed by atoms with van der Waals surface area (Å²) < 4.78 is 6.15. The molecule has 0 radical (unpaired) electrons. The van der Waals surface area contributed by atoms with Crippen molar-refractivity contribution in [3.05, 3.63) is 23.8 Å². The molecule has 0 aliphatic heterocycles. The van der Waals surface area contributed by atoms with Gasteiger partial charge in [0.25, 0.3) is 0 Å². The fourth-order valence-electron chi connectivity index (χ4n) is 1.35. The predicted molar refractivity (Wildman–Crippen MR) is 89.2 cm³/mol. The maximum atomic E-state index is 6.15. The summed E-state index contributed by atoms with van der Waals surface area (Å²) in [7, 11) is -1.59. The monoisotopic (exact) mass is 283 g/mol. The maximum Gasteiger partial charge on any atom is 0.192 e. The van der Waals surface area contributed by atoms with Crippen molar-refractivity contribution in [2.24, 2.45) is 0 Å². The van der Waals surface area contributed by atoms with E-state index in [1.54, 1.807) is 0 Å². The highest BCUT2D eigenvalue weighted by Crippen LogP contribution is 2.36. The quantitative estimate of drug-likeness (QED) is 0.422. The molecule has 0 saturated heterocycles. The molecular formula is C16H33NOSi. The highest BCUT2D eigenvalue weighted by molar-refractivity contribution is 6.74. The van der Waals surface area contributed by atoms with Crippen molar-refractivity contribution >= 4 is 8.32 Å². The zero-order valence-corrected chi connectivity index (χ0v) is 15.1. The summed E-state index contributed by atoms with van der Waals surface area (Å²) in [4.78, 5) is 0. The Bertz CT molecular complexity index is 313. The van der Waals surface area contributed by atoms with Crippen LogP contribution in [0.5, 0.6) is 0 Å². The lowest BCUT2D eigenvalue weighted by Crippen LogP contribution is -2.43. The summed E-state index contributed by atoms with van der Waals surface area (Å²) in [6.45, 7) is 19.5. The van der Waals surface area contributed by atoms with E-state index in [1.165, 1.54) is 5.57 Å². The number of rotatable bonds is 7. The first-order chi connectivity index (χ1) is 8.62. The molecule has 0 spiro atoms. The zero-order valence-electron chi connectivity index (χ0n) is 14.1. The molecule has 0 aliphatic carbocycles. The summed E-state index contributed by atoms with van der Waals surface area (Å²) >= 11 is 0. The average Bonchev–Trinajstić information content (AvgIpc) is 2.29. The van der Waals surface area contributed by atoms with Gasteiger partial charge in [-0.15, -0.1) is 0 Å². The molecule has 0 saturated carbocycles. The van der Waals surface area contributed by atoms with Gasteiger partial charge in [-0.2, -0.15) is 0 Å². The van der Waals surface area contributed by atoms with Gasteiger partial charge in [-0.3, -0.25) is 0 Å². The van der Waals surface area contributed by atoms with Crippen molar-refractivity contribution in [1.29, 1.82) is 0 Å². The van der Waals surface area contributed by atoms with Crippen LogP contribution >= 0.6 is 0 Å². The minimum absolute atomic E-state index is 0.292. The largest absolute Gasteiger partial charge is 0.416 e. The van der Waals surface area contributed by atoms with Crippen LogP contribution in [0.3, 0.4) is 0 Å². The van der Waals surface area contributed by atoms with Gasteiger partial charge in [-0.25, -0.2) is 0 Å². The summed E-state index contributed by atoms with van der Waals surface area (Å²) in [6.07, 6.45) is 6.29. The smallest absolute Gasteiger partial charge is 0.192 e. The average molecular weight is 284 g/mol. The molecular weight excluding hydrogens is 250 g/mol. The van der Waals surface area contributed by atoms with Crippen LogP contribution in [0.2, 0.25) is 18.1 Å². The molecule has 0 bridgehead atoms. The molecule has 0 fully saturated rings. The van der Waals surface area contributed by atoms with Crippen molar-refractivity contribution in [1.82, 2.24) is 5.32 Å². The Labute approximate surface area is 121 Å². The van der Waals surface area contributed by atoms with Crippen LogP contribution < -0.4 is 5.32 Å². The SMILES string of the molecule is C/C=C\C=C(/C)C(C)NCCO[Si](C)(C)C(C)(C)C. The van der Waals surface area contributed by atoms with Gasteiger partial charge in [-0.05, 0) is 38.9 Å². The van der Waals surface area contributed by atoms with Crippen molar-refractivity contribution in [3.8, 4) is 0 Å². The molecule has 0 aromatic heterocycles. The molecule has 0 aliphatic rings. The number of nitrogens with one attached hydrogen (secondary N) is 1. The normalized spacial score (nSPS) is 16.1. The minimum atomic E-state index is -1.59. The first-order valence-electron chi connectivity index (χ1n) is 7.28. The second-order valence-electron chi connectivity index (χ2n) is 6.72. The lowest BCUT2D eigenvalue weighted by molar-refractivity contribution is 0.283. The second-order valence-corrected chi connectivity index (χ2v) is 11.5. The van der Waals surface area contributed by atoms with Crippen molar-refractivity contribution in [3.63, 3.8) is 0 Å². The molecule has 3 heteroatoms. The van der Waals surface area contributed by atoms with E-state index in [-0.39, 0.29) is 0 Å². The molecule has 0 aromatic rings. The van der Waals surface area contributed by atoms with Crippen LogP contribution in [-0.2, 0) is 4.43 Å². The first kappa shape index (κ1) is 18.6. The van der Waals surface area contributed by atoms with E-state index in [1.807, 2.05) is 6.92 Å². The molecule has 0 rings (SSSR count). The molecule has 2 nitrogen and oxygen atoms in total. The Hall–Kier alpha value is -0.383. The van der Waals surface area contributed by atoms with Gasteiger partial charge < -0.3 is 9.74 Å². The van der Waals surface area contributed by atoms with Gasteiger partial charge in [0, 0.05) is 19.2 Å². The van der Waals surface area contributed by atoms with Crippen LogP contribution in [-0.4, -0.2) is 27.5 Å². The topological polar surface area (TPSA) is 21.3 Å². The third-order valence-electron chi connectivity index (χ3n) is 4.06. The molecule has 1 N–H and O–H groups in total. The van der Waals surface area contributed by atoms with Gasteiger partial charge in [0.05, 0.1) is 0 Å². The van der Waals surface area contributed by atoms with Crippen molar-refractivity contribution in [2.45, 2.75) is 65.7 Å². The van der Waals surface area contributed by atoms with E-state index in [0.29, 0.717) is 11.1 Å². The Morgan fingerprint density at radius 3 is 2.37 bits per heavy atom. The third kappa shape index (κ3) is 7.09. The number of hydrogen-bond acceptors (Lipinski definition) is 2. The highest BCUT2D eigenvalue weighted by atomic mass is 28.4. The van der Waals surface area contributed by atoms with Crippen LogP contribution in [0.1, 0.15) is 41.5 Å². The fraction of sp³-hybridized carbons (Fsp3) is 0.750. The maximum absolute atomic E-state index is 6.15.